The summed E-state index contributed by atoms with van der Waals surface area (Å²) in [6.45, 7) is 5.04. The fourth-order valence-electron chi connectivity index (χ4n) is 4.43. The molecule has 7 heteroatoms. The number of hydrogen-bond donors (Lipinski definition) is 1. The number of ether oxygens (including phenoxy) is 1. The van der Waals surface area contributed by atoms with Crippen LogP contribution in [0.15, 0.2) is 24.7 Å². The highest BCUT2D eigenvalue weighted by atomic mass is 35.5. The lowest BCUT2D eigenvalue weighted by molar-refractivity contribution is 0.130. The van der Waals surface area contributed by atoms with Gasteiger partial charge in [0.2, 0.25) is 0 Å². The van der Waals surface area contributed by atoms with Crippen molar-refractivity contribution in [3.8, 4) is 11.1 Å². The number of pyridine rings is 1. The minimum Gasteiger partial charge on any atom is -0.383 e. The molecule has 3 aromatic heterocycles. The van der Waals surface area contributed by atoms with E-state index in [1.54, 1.807) is 13.3 Å². The monoisotopic (exact) mass is 413 g/mol. The number of H-pyrrole nitrogens is 1. The quantitative estimate of drug-likeness (QED) is 0.626. The van der Waals surface area contributed by atoms with E-state index in [1.165, 1.54) is 18.5 Å². The van der Waals surface area contributed by atoms with Gasteiger partial charge in [0.1, 0.15) is 5.65 Å². The van der Waals surface area contributed by atoms with Gasteiger partial charge in [0.05, 0.1) is 17.8 Å². The van der Waals surface area contributed by atoms with Gasteiger partial charge in [-0.3, -0.25) is 4.68 Å². The van der Waals surface area contributed by atoms with Crippen molar-refractivity contribution in [2.24, 2.45) is 5.92 Å². The number of aromatic amines is 1. The van der Waals surface area contributed by atoms with E-state index in [1.807, 2.05) is 6.20 Å². The number of hydrogen-bond acceptors (Lipinski definition) is 4. The number of nitrogens with zero attached hydrogens (tertiary/aromatic N) is 4. The van der Waals surface area contributed by atoms with Crippen LogP contribution in [-0.4, -0.2) is 58.0 Å². The Morgan fingerprint density at radius 3 is 2.79 bits per heavy atom. The number of fused-ring (bicyclic) bond motifs is 1. The zero-order valence-corrected chi connectivity index (χ0v) is 17.7. The standard InChI is InChI=1S/C22H28ClN5O/c1-29-9-8-27-6-4-16(5-7-27)20-10-18-21(19(23)12-24-22(18)26-20)17-11-25-28(14-17)13-15-2-3-15/h10-12,14-16H,2-9,13H2,1H3,(H,24,26). The Hall–Kier alpha value is -1.89. The van der Waals surface area contributed by atoms with E-state index in [4.69, 9.17) is 16.3 Å². The van der Waals surface area contributed by atoms with Gasteiger partial charge in [-0.05, 0) is 50.8 Å². The molecule has 1 aliphatic carbocycles. The molecule has 1 saturated carbocycles. The molecule has 154 valence electrons. The minimum atomic E-state index is 0.534. The Balaban J connectivity index is 1.39. The molecule has 0 amide bonds. The predicted octanol–water partition coefficient (Wildman–Crippen LogP) is 4.32. The zero-order chi connectivity index (χ0) is 19.8. The molecule has 1 aliphatic heterocycles. The van der Waals surface area contributed by atoms with Gasteiger partial charge in [0.15, 0.2) is 0 Å². The van der Waals surface area contributed by atoms with Crippen molar-refractivity contribution >= 4 is 22.6 Å². The maximum atomic E-state index is 6.60. The van der Waals surface area contributed by atoms with Crippen molar-refractivity contribution in [2.75, 3.05) is 33.4 Å². The van der Waals surface area contributed by atoms with Gasteiger partial charge in [-0.25, -0.2) is 4.98 Å². The third-order valence-electron chi connectivity index (χ3n) is 6.34. The van der Waals surface area contributed by atoms with Crippen LogP contribution in [0.5, 0.6) is 0 Å². The molecular weight excluding hydrogens is 386 g/mol. The Morgan fingerprint density at radius 2 is 2.03 bits per heavy atom. The van der Waals surface area contributed by atoms with Gasteiger partial charge in [-0.15, -0.1) is 0 Å². The van der Waals surface area contributed by atoms with E-state index in [2.05, 4.69) is 36.9 Å². The van der Waals surface area contributed by atoms with Crippen molar-refractivity contribution in [3.05, 3.63) is 35.4 Å². The van der Waals surface area contributed by atoms with Crippen molar-refractivity contribution in [2.45, 2.75) is 38.1 Å². The van der Waals surface area contributed by atoms with Crippen molar-refractivity contribution in [1.82, 2.24) is 24.6 Å². The second kappa shape index (κ2) is 8.09. The van der Waals surface area contributed by atoms with Gasteiger partial charge < -0.3 is 14.6 Å². The number of halogens is 1. The molecule has 3 aromatic rings. The van der Waals surface area contributed by atoms with Crippen LogP contribution in [0.4, 0.5) is 0 Å². The molecule has 4 heterocycles. The molecule has 29 heavy (non-hydrogen) atoms. The number of methoxy groups -OCH3 is 1. The number of aromatic nitrogens is 4. The van der Waals surface area contributed by atoms with Crippen LogP contribution in [0.25, 0.3) is 22.2 Å². The second-order valence-corrected chi connectivity index (χ2v) is 8.88. The first-order valence-corrected chi connectivity index (χ1v) is 11.0. The topological polar surface area (TPSA) is 59.0 Å². The summed E-state index contributed by atoms with van der Waals surface area (Å²) in [4.78, 5) is 10.6. The summed E-state index contributed by atoms with van der Waals surface area (Å²) in [7, 11) is 1.77. The first-order valence-electron chi connectivity index (χ1n) is 10.6. The third-order valence-corrected chi connectivity index (χ3v) is 6.62. The summed E-state index contributed by atoms with van der Waals surface area (Å²) in [6, 6.07) is 2.26. The third kappa shape index (κ3) is 4.06. The Morgan fingerprint density at radius 1 is 1.21 bits per heavy atom. The summed E-state index contributed by atoms with van der Waals surface area (Å²) >= 11 is 6.60. The molecule has 0 atom stereocenters. The van der Waals surface area contributed by atoms with E-state index < -0.39 is 0 Å². The summed E-state index contributed by atoms with van der Waals surface area (Å²) < 4.78 is 7.27. The first-order chi connectivity index (χ1) is 14.2. The summed E-state index contributed by atoms with van der Waals surface area (Å²) in [5.74, 6) is 1.33. The van der Waals surface area contributed by atoms with Crippen LogP contribution < -0.4 is 0 Å². The lowest BCUT2D eigenvalue weighted by atomic mass is 9.93. The smallest absolute Gasteiger partial charge is 0.138 e. The van der Waals surface area contributed by atoms with Gasteiger partial charge in [-0.2, -0.15) is 5.10 Å². The van der Waals surface area contributed by atoms with Crippen LogP contribution in [0, 0.1) is 5.92 Å². The fourth-order valence-corrected chi connectivity index (χ4v) is 4.69. The number of likely N-dealkylation sites (tertiary alicyclic amines) is 1. The maximum absolute atomic E-state index is 6.60. The number of piperidine rings is 1. The highest BCUT2D eigenvalue weighted by Crippen LogP contribution is 2.38. The molecule has 2 aliphatic rings. The van der Waals surface area contributed by atoms with Crippen LogP contribution in [0.2, 0.25) is 5.02 Å². The van der Waals surface area contributed by atoms with Crippen LogP contribution >= 0.6 is 11.6 Å². The van der Waals surface area contributed by atoms with Gasteiger partial charge in [0, 0.05) is 60.7 Å². The molecule has 2 fully saturated rings. The van der Waals surface area contributed by atoms with Crippen LogP contribution in [0.1, 0.15) is 37.3 Å². The largest absolute Gasteiger partial charge is 0.383 e. The molecule has 5 rings (SSSR count). The first kappa shape index (κ1) is 19.1. The lowest BCUT2D eigenvalue weighted by Gasteiger charge is -2.31. The molecule has 1 saturated heterocycles. The van der Waals surface area contributed by atoms with E-state index >= 15 is 0 Å². The van der Waals surface area contributed by atoms with E-state index in [0.717, 1.165) is 73.7 Å². The molecule has 1 N–H and O–H groups in total. The van der Waals surface area contributed by atoms with E-state index in [-0.39, 0.29) is 0 Å². The summed E-state index contributed by atoms with van der Waals surface area (Å²) in [5, 5.41) is 6.34. The number of nitrogens with one attached hydrogen (secondary N) is 1. The fraction of sp³-hybridized carbons (Fsp3) is 0.545. The van der Waals surface area contributed by atoms with Crippen molar-refractivity contribution < 1.29 is 4.74 Å². The lowest BCUT2D eigenvalue weighted by Crippen LogP contribution is -2.35. The number of rotatable bonds is 7. The van der Waals surface area contributed by atoms with Gasteiger partial charge >= 0.3 is 0 Å². The van der Waals surface area contributed by atoms with Crippen LogP contribution in [0.3, 0.4) is 0 Å². The van der Waals surface area contributed by atoms with E-state index in [0.29, 0.717) is 10.9 Å². The highest BCUT2D eigenvalue weighted by molar-refractivity contribution is 6.34. The van der Waals surface area contributed by atoms with Gasteiger partial charge in [-0.1, -0.05) is 11.6 Å². The Bertz CT molecular complexity index is 984. The molecule has 0 aromatic carbocycles. The molecule has 0 radical (unpaired) electrons. The van der Waals surface area contributed by atoms with Crippen molar-refractivity contribution in [3.63, 3.8) is 0 Å². The summed E-state index contributed by atoms with van der Waals surface area (Å²) in [6.07, 6.45) is 10.8. The minimum absolute atomic E-state index is 0.534. The van der Waals surface area contributed by atoms with E-state index in [9.17, 15) is 0 Å². The van der Waals surface area contributed by atoms with Crippen molar-refractivity contribution in [1.29, 1.82) is 0 Å². The summed E-state index contributed by atoms with van der Waals surface area (Å²) in [5.41, 5.74) is 4.30. The normalized spacial score (nSPS) is 18.7. The maximum Gasteiger partial charge on any atom is 0.138 e. The average molecular weight is 414 g/mol. The average Bonchev–Trinajstić information content (AvgIpc) is 3.25. The Labute approximate surface area is 176 Å². The molecule has 0 unspecified atom stereocenters. The highest BCUT2D eigenvalue weighted by Gasteiger charge is 2.24. The predicted molar refractivity (Wildman–Crippen MR) is 115 cm³/mol. The molecular formula is C22H28ClN5O. The SMILES string of the molecule is COCCN1CCC(c2cc3c(-c4cnn(CC5CC5)c4)c(Cl)cnc3[nH]2)CC1. The Kier molecular flexibility index (Phi) is 5.33. The molecule has 0 bridgehead atoms. The van der Waals surface area contributed by atoms with Crippen LogP contribution in [-0.2, 0) is 11.3 Å². The molecule has 6 nitrogen and oxygen atoms in total. The molecule has 0 spiro atoms. The zero-order valence-electron chi connectivity index (χ0n) is 16.9. The van der Waals surface area contributed by atoms with Gasteiger partial charge in [0.25, 0.3) is 0 Å². The second-order valence-electron chi connectivity index (χ2n) is 8.47.